The highest BCUT2D eigenvalue weighted by Gasteiger charge is 2.47. The summed E-state index contributed by atoms with van der Waals surface area (Å²) in [5.74, 6) is -2.35. The summed E-state index contributed by atoms with van der Waals surface area (Å²) in [6.07, 6.45) is 0.791. The van der Waals surface area contributed by atoms with Crippen LogP contribution in [0.25, 0.3) is 5.76 Å². The number of aliphatic hydroxyl groups excluding tert-OH is 1. The summed E-state index contributed by atoms with van der Waals surface area (Å²) in [6, 6.07) is 13.8. The largest absolute Gasteiger partial charge is 0.507 e. The number of rotatable bonds is 7. The minimum atomic E-state index is -1.03. The van der Waals surface area contributed by atoms with Gasteiger partial charge in [0.2, 0.25) is 0 Å². The normalized spacial score (nSPS) is 16.4. The van der Waals surface area contributed by atoms with Crippen LogP contribution in [0.3, 0.4) is 0 Å². The van der Waals surface area contributed by atoms with Gasteiger partial charge in [0.15, 0.2) is 11.5 Å². The van der Waals surface area contributed by atoms with Crippen molar-refractivity contribution >= 4 is 52.3 Å². The van der Waals surface area contributed by atoms with Crippen molar-refractivity contribution in [2.75, 3.05) is 19.1 Å². The third-order valence-corrected chi connectivity index (χ3v) is 6.94. The zero-order chi connectivity index (χ0) is 28.4. The van der Waals surface area contributed by atoms with Gasteiger partial charge in [0.05, 0.1) is 36.4 Å². The Morgan fingerprint density at radius 3 is 2.13 bits per heavy atom. The van der Waals surface area contributed by atoms with Gasteiger partial charge in [-0.15, -0.1) is 0 Å². The maximum absolute atomic E-state index is 13.5. The number of Topliss-reactive ketones (excluding diaryl/α,β-unsaturated/α-hetero) is 1. The van der Waals surface area contributed by atoms with Crippen molar-refractivity contribution in [2.45, 2.75) is 26.3 Å². The van der Waals surface area contributed by atoms with Gasteiger partial charge in [-0.3, -0.25) is 19.3 Å². The molecule has 1 aliphatic heterocycles. The van der Waals surface area contributed by atoms with Crippen LogP contribution in [-0.2, 0) is 20.8 Å². The Morgan fingerprint density at radius 1 is 0.974 bits per heavy atom. The van der Waals surface area contributed by atoms with Crippen molar-refractivity contribution in [3.8, 4) is 17.2 Å². The summed E-state index contributed by atoms with van der Waals surface area (Å²) in [4.78, 5) is 39.7. The van der Waals surface area contributed by atoms with Crippen molar-refractivity contribution < 1.29 is 33.7 Å². The quantitative estimate of drug-likeness (QED) is 0.120. The Morgan fingerprint density at radius 2 is 1.59 bits per heavy atom. The first-order valence-electron chi connectivity index (χ1n) is 11.9. The molecule has 1 atom stereocenters. The monoisotopic (exact) mass is 569 g/mol. The number of anilines is 1. The molecule has 1 saturated heterocycles. The van der Waals surface area contributed by atoms with Crippen molar-refractivity contribution in [3.63, 3.8) is 0 Å². The van der Waals surface area contributed by atoms with Crippen LogP contribution >= 0.6 is 23.2 Å². The third-order valence-electron chi connectivity index (χ3n) is 6.32. The molecule has 0 saturated carbocycles. The number of hydrogen-bond donors (Lipinski definition) is 1. The summed E-state index contributed by atoms with van der Waals surface area (Å²) in [7, 11) is 2.71. The molecule has 0 spiro atoms. The molecule has 8 nitrogen and oxygen atoms in total. The predicted octanol–water partition coefficient (Wildman–Crippen LogP) is 6.12. The first kappa shape index (κ1) is 28.0. The number of carbonyl (C=O) groups excluding carboxylic acids is 3. The van der Waals surface area contributed by atoms with Crippen molar-refractivity contribution in [1.82, 2.24) is 0 Å². The molecule has 0 bridgehead atoms. The Labute approximate surface area is 235 Å². The van der Waals surface area contributed by atoms with Crippen LogP contribution in [0.5, 0.6) is 17.2 Å². The van der Waals surface area contributed by atoms with E-state index in [1.807, 2.05) is 19.1 Å². The molecule has 3 aromatic carbocycles. The van der Waals surface area contributed by atoms with Gasteiger partial charge in [-0.25, -0.2) is 0 Å². The van der Waals surface area contributed by atoms with Crippen molar-refractivity contribution in [1.29, 1.82) is 0 Å². The van der Waals surface area contributed by atoms with Crippen LogP contribution in [0, 0.1) is 0 Å². The number of ketones is 1. The highest BCUT2D eigenvalue weighted by atomic mass is 35.5. The van der Waals surface area contributed by atoms with E-state index in [4.69, 9.17) is 37.4 Å². The summed E-state index contributed by atoms with van der Waals surface area (Å²) in [6.45, 7) is 3.28. The molecule has 202 valence electrons. The minimum Gasteiger partial charge on any atom is -0.507 e. The molecule has 1 unspecified atom stereocenters. The zero-order valence-corrected chi connectivity index (χ0v) is 23.1. The summed E-state index contributed by atoms with van der Waals surface area (Å²) in [5.41, 5.74) is 1.80. The average Bonchev–Trinajstić information content (AvgIpc) is 3.18. The van der Waals surface area contributed by atoms with Crippen LogP contribution in [0.2, 0.25) is 10.0 Å². The second kappa shape index (κ2) is 11.4. The van der Waals surface area contributed by atoms with Gasteiger partial charge in [-0.1, -0.05) is 54.4 Å². The van der Waals surface area contributed by atoms with E-state index in [0.717, 1.165) is 12.0 Å². The van der Waals surface area contributed by atoms with Crippen molar-refractivity contribution in [2.24, 2.45) is 0 Å². The molecule has 3 aromatic rings. The number of halogens is 2. The molecular formula is C29H25Cl2NO7. The molecule has 0 aromatic heterocycles. The molecule has 1 N–H and O–H groups in total. The highest BCUT2D eigenvalue weighted by Crippen LogP contribution is 2.48. The number of amides is 1. The van der Waals surface area contributed by atoms with E-state index in [1.54, 1.807) is 36.4 Å². The standard InChI is InChI=1S/C29H25Cl2NO7/c1-5-16-6-10-18(11-7-16)32-24(17-8-12-19(13-9-17)39-15(2)33)22(26(35)29(32)36)25(34)20-14-21(30)28(38-4)23(31)27(20)37-3/h6-14,24,34H,5H2,1-4H3/b25-22+. The van der Waals surface area contributed by atoms with E-state index in [1.165, 1.54) is 32.1 Å². The molecule has 0 aliphatic carbocycles. The van der Waals surface area contributed by atoms with Crippen LogP contribution in [0.4, 0.5) is 5.69 Å². The van der Waals surface area contributed by atoms with E-state index in [0.29, 0.717) is 11.3 Å². The van der Waals surface area contributed by atoms with Crippen molar-refractivity contribution in [3.05, 3.63) is 86.9 Å². The fraction of sp³-hybridized carbons (Fsp3) is 0.207. The fourth-order valence-electron chi connectivity index (χ4n) is 4.48. The SMILES string of the molecule is CCc1ccc(N2C(=O)C(=O)/C(=C(/O)c3cc(Cl)c(OC)c(Cl)c3OC)C2c2ccc(OC(C)=O)cc2)cc1. The Kier molecular flexibility index (Phi) is 8.18. The van der Waals surface area contributed by atoms with Gasteiger partial charge in [0.1, 0.15) is 16.5 Å². The Hall–Kier alpha value is -4.01. The van der Waals surface area contributed by atoms with E-state index in [-0.39, 0.29) is 38.4 Å². The summed E-state index contributed by atoms with van der Waals surface area (Å²) in [5, 5.41) is 11.6. The topological polar surface area (TPSA) is 102 Å². The van der Waals surface area contributed by atoms with Gasteiger partial charge in [-0.2, -0.15) is 0 Å². The smallest absolute Gasteiger partial charge is 0.308 e. The maximum atomic E-state index is 13.5. The minimum absolute atomic E-state index is 0.00849. The van der Waals surface area contributed by atoms with Gasteiger partial charge in [-0.05, 0) is 47.9 Å². The number of carbonyl (C=O) groups is 3. The molecule has 1 amide bonds. The molecular weight excluding hydrogens is 545 g/mol. The van der Waals surface area contributed by atoms with Gasteiger partial charge in [0.25, 0.3) is 11.7 Å². The first-order chi connectivity index (χ1) is 18.6. The molecule has 1 heterocycles. The van der Waals surface area contributed by atoms with Crippen LogP contribution in [-0.4, -0.2) is 37.0 Å². The second-order valence-electron chi connectivity index (χ2n) is 8.64. The van der Waals surface area contributed by atoms with Crippen LogP contribution in [0.15, 0.2) is 60.2 Å². The highest BCUT2D eigenvalue weighted by molar-refractivity contribution is 6.52. The van der Waals surface area contributed by atoms with Gasteiger partial charge < -0.3 is 19.3 Å². The molecule has 10 heteroatoms. The number of hydrogen-bond acceptors (Lipinski definition) is 7. The van der Waals surface area contributed by atoms with E-state index in [2.05, 4.69) is 0 Å². The predicted molar refractivity (Wildman–Crippen MR) is 148 cm³/mol. The maximum Gasteiger partial charge on any atom is 0.308 e. The molecule has 1 fully saturated rings. The third kappa shape index (κ3) is 5.17. The van der Waals surface area contributed by atoms with E-state index >= 15 is 0 Å². The van der Waals surface area contributed by atoms with E-state index in [9.17, 15) is 19.5 Å². The number of ether oxygens (including phenoxy) is 3. The Balaban J connectivity index is 1.97. The Bertz CT molecular complexity index is 1480. The summed E-state index contributed by atoms with van der Waals surface area (Å²) < 4.78 is 15.8. The second-order valence-corrected chi connectivity index (χ2v) is 9.42. The lowest BCUT2D eigenvalue weighted by atomic mass is 9.94. The average molecular weight is 570 g/mol. The zero-order valence-electron chi connectivity index (χ0n) is 21.6. The molecule has 39 heavy (non-hydrogen) atoms. The number of esters is 1. The number of benzene rings is 3. The summed E-state index contributed by atoms with van der Waals surface area (Å²) >= 11 is 12.8. The van der Waals surface area contributed by atoms with Gasteiger partial charge >= 0.3 is 5.97 Å². The lowest BCUT2D eigenvalue weighted by Gasteiger charge is -2.26. The van der Waals surface area contributed by atoms with Gasteiger partial charge in [0, 0.05) is 12.6 Å². The lowest BCUT2D eigenvalue weighted by Crippen LogP contribution is -2.29. The number of aryl methyl sites for hydroxylation is 1. The molecule has 0 radical (unpaired) electrons. The fourth-order valence-corrected chi connectivity index (χ4v) is 5.17. The molecule has 4 rings (SSSR count). The first-order valence-corrected chi connectivity index (χ1v) is 12.7. The number of methoxy groups -OCH3 is 2. The van der Waals surface area contributed by atoms with Crippen LogP contribution in [0.1, 0.15) is 36.6 Å². The molecule has 1 aliphatic rings. The van der Waals surface area contributed by atoms with E-state index < -0.39 is 29.5 Å². The lowest BCUT2D eigenvalue weighted by molar-refractivity contribution is -0.132. The van der Waals surface area contributed by atoms with Crippen LogP contribution < -0.4 is 19.1 Å². The number of aliphatic hydroxyl groups is 1. The number of nitrogens with zero attached hydrogens (tertiary/aromatic N) is 1.